The molecular weight excluding hydrogens is 587 g/mol. The van der Waals surface area contributed by atoms with E-state index in [1.807, 2.05) is 18.2 Å². The number of benzene rings is 2. The van der Waals surface area contributed by atoms with Crippen LogP contribution < -0.4 is 9.64 Å². The molecule has 1 unspecified atom stereocenters. The van der Waals surface area contributed by atoms with Crippen LogP contribution in [0.2, 0.25) is 5.02 Å². The molecule has 0 N–H and O–H groups in total. The molecule has 2 saturated heterocycles. The number of nitrogens with zero attached hydrogens (tertiary/aromatic N) is 6. The number of likely N-dealkylation sites (N-methyl/N-ethyl adjacent to an activating group) is 1. The zero-order chi connectivity index (χ0) is 30.1. The quantitative estimate of drug-likeness (QED) is 0.263. The lowest BCUT2D eigenvalue weighted by molar-refractivity contribution is -0.128. The molecule has 3 aliphatic heterocycles. The predicted molar refractivity (Wildman–Crippen MR) is 168 cm³/mol. The van der Waals surface area contributed by atoms with Crippen molar-refractivity contribution in [2.24, 2.45) is 0 Å². The minimum atomic E-state index is -0.355. The van der Waals surface area contributed by atoms with Crippen molar-refractivity contribution in [1.82, 2.24) is 19.8 Å². The summed E-state index contributed by atoms with van der Waals surface area (Å²) >= 11 is 12.6. The number of halogens is 2. The van der Waals surface area contributed by atoms with Crippen LogP contribution in [0, 0.1) is 6.57 Å². The van der Waals surface area contributed by atoms with E-state index in [1.54, 1.807) is 4.90 Å². The number of hydrogen-bond acceptors (Lipinski definition) is 7. The van der Waals surface area contributed by atoms with Gasteiger partial charge in [-0.3, -0.25) is 4.79 Å². The molecular formula is C32H34Cl2N6O3. The van der Waals surface area contributed by atoms with Crippen molar-refractivity contribution in [3.8, 4) is 6.01 Å². The van der Waals surface area contributed by atoms with Crippen LogP contribution in [0.5, 0.6) is 6.01 Å². The molecule has 0 saturated carbocycles. The highest BCUT2D eigenvalue weighted by Crippen LogP contribution is 2.39. The highest BCUT2D eigenvalue weighted by atomic mass is 35.5. The topological polar surface area (TPSA) is 75.4 Å². The molecule has 3 aromatic rings. The summed E-state index contributed by atoms with van der Waals surface area (Å²) in [5.74, 6) is 0.380. The van der Waals surface area contributed by atoms with Crippen molar-refractivity contribution in [3.05, 3.63) is 81.3 Å². The molecule has 3 aliphatic rings. The largest absolute Gasteiger partial charge is 0.462 e. The summed E-state index contributed by atoms with van der Waals surface area (Å²) in [6.07, 6.45) is 2.51. The summed E-state index contributed by atoms with van der Waals surface area (Å²) in [7, 11) is 2.12. The Labute approximate surface area is 261 Å². The SMILES string of the molecule is [C-]#[N+]C[C@H]1CN(c2nc(OC[C@@H]3CCCN3C)nc3c2COC(c2cccc4cccc(Cl)c24)C3)CCN1C(=O)C(=C)Cl. The number of fused-ring (bicyclic) bond motifs is 2. The zero-order valence-electron chi connectivity index (χ0n) is 24.1. The number of rotatable bonds is 7. The number of anilines is 1. The Bertz CT molecular complexity index is 1590. The molecule has 0 aliphatic carbocycles. The Balaban J connectivity index is 1.34. The minimum Gasteiger partial charge on any atom is -0.462 e. The molecule has 43 heavy (non-hydrogen) atoms. The predicted octanol–water partition coefficient (Wildman–Crippen LogP) is 5.26. The molecule has 2 aromatic carbocycles. The summed E-state index contributed by atoms with van der Waals surface area (Å²) in [4.78, 5) is 32.2. The third-order valence-corrected chi connectivity index (χ3v) is 9.22. The fraction of sp³-hybridized carbons (Fsp3) is 0.438. The number of piperazine rings is 1. The Kier molecular flexibility index (Phi) is 8.73. The summed E-state index contributed by atoms with van der Waals surface area (Å²) in [6, 6.07) is 12.3. The summed E-state index contributed by atoms with van der Waals surface area (Å²) in [5, 5.41) is 2.68. The number of ether oxygens (including phenoxy) is 2. The molecule has 1 amide bonds. The van der Waals surface area contributed by atoms with Gasteiger partial charge >= 0.3 is 6.01 Å². The fourth-order valence-electron chi connectivity index (χ4n) is 6.44. The molecule has 2 fully saturated rings. The lowest BCUT2D eigenvalue weighted by Crippen LogP contribution is -2.57. The van der Waals surface area contributed by atoms with Crippen molar-refractivity contribution >= 4 is 45.7 Å². The van der Waals surface area contributed by atoms with Gasteiger partial charge in [0, 0.05) is 48.1 Å². The highest BCUT2D eigenvalue weighted by Gasteiger charge is 2.36. The number of amides is 1. The molecule has 11 heteroatoms. The van der Waals surface area contributed by atoms with Gasteiger partial charge in [0.1, 0.15) is 18.5 Å². The van der Waals surface area contributed by atoms with Gasteiger partial charge in [-0.15, -0.1) is 0 Å². The number of hydrogen-bond donors (Lipinski definition) is 0. The standard InChI is InChI=1S/C32H34Cl2N6O3/c1-20(33)31(41)40-14-13-39(17-23(40)16-35-2)30-25-19-42-28(24-10-4-7-21-8-5-11-26(34)29(21)24)15-27(25)36-32(37-30)43-18-22-9-6-12-38(22)3/h4-5,7-8,10-11,22-23,28H,1,6,9,12-19H2,3H3/t22-,23-,28?/m0/s1. The molecule has 3 atom stereocenters. The van der Waals surface area contributed by atoms with E-state index in [1.165, 1.54) is 0 Å². The first-order valence-electron chi connectivity index (χ1n) is 14.6. The van der Waals surface area contributed by atoms with Crippen LogP contribution in [-0.4, -0.2) is 84.1 Å². The minimum absolute atomic E-state index is 0.0524. The van der Waals surface area contributed by atoms with E-state index in [0.717, 1.165) is 52.8 Å². The van der Waals surface area contributed by atoms with Gasteiger partial charge in [0.2, 0.25) is 6.54 Å². The molecule has 4 heterocycles. The van der Waals surface area contributed by atoms with E-state index in [4.69, 9.17) is 49.2 Å². The smallest absolute Gasteiger partial charge is 0.318 e. The second-order valence-corrected chi connectivity index (χ2v) is 12.2. The number of carbonyl (C=O) groups is 1. The molecule has 224 valence electrons. The Hall–Kier alpha value is -3.42. The van der Waals surface area contributed by atoms with Gasteiger partial charge in [-0.2, -0.15) is 9.97 Å². The molecule has 0 spiro atoms. The van der Waals surface area contributed by atoms with E-state index in [0.29, 0.717) is 56.3 Å². The van der Waals surface area contributed by atoms with Crippen molar-refractivity contribution in [2.45, 2.75) is 44.1 Å². The Morgan fingerprint density at radius 2 is 2.00 bits per heavy atom. The number of aromatic nitrogens is 2. The maximum Gasteiger partial charge on any atom is 0.318 e. The van der Waals surface area contributed by atoms with Crippen LogP contribution in [0.1, 0.15) is 35.8 Å². The second kappa shape index (κ2) is 12.7. The van der Waals surface area contributed by atoms with Gasteiger partial charge in [0.15, 0.2) is 0 Å². The normalized spacial score (nSPS) is 22.3. The summed E-state index contributed by atoms with van der Waals surface area (Å²) in [6.45, 7) is 14.5. The van der Waals surface area contributed by atoms with Crippen LogP contribution in [0.3, 0.4) is 0 Å². The summed E-state index contributed by atoms with van der Waals surface area (Å²) < 4.78 is 12.7. The van der Waals surface area contributed by atoms with Gasteiger partial charge in [-0.25, -0.2) is 6.57 Å². The van der Waals surface area contributed by atoms with Crippen LogP contribution in [0.15, 0.2) is 48.0 Å². The third kappa shape index (κ3) is 6.02. The van der Waals surface area contributed by atoms with Crippen molar-refractivity contribution in [2.75, 3.05) is 51.3 Å². The molecule has 9 nitrogen and oxygen atoms in total. The van der Waals surface area contributed by atoms with Crippen LogP contribution in [-0.2, 0) is 22.6 Å². The maximum absolute atomic E-state index is 12.7. The van der Waals surface area contributed by atoms with Gasteiger partial charge in [-0.1, -0.05) is 60.1 Å². The van der Waals surface area contributed by atoms with E-state index < -0.39 is 0 Å². The van der Waals surface area contributed by atoms with Crippen LogP contribution >= 0.6 is 23.2 Å². The third-order valence-electron chi connectivity index (χ3n) is 8.74. The van der Waals surface area contributed by atoms with Gasteiger partial charge in [-0.05, 0) is 43.5 Å². The molecule has 6 rings (SSSR count). The van der Waals surface area contributed by atoms with Gasteiger partial charge in [0.05, 0.1) is 23.4 Å². The van der Waals surface area contributed by atoms with Crippen molar-refractivity contribution < 1.29 is 14.3 Å². The van der Waals surface area contributed by atoms with E-state index in [9.17, 15) is 4.79 Å². The van der Waals surface area contributed by atoms with E-state index in [-0.39, 0.29) is 29.6 Å². The van der Waals surface area contributed by atoms with Gasteiger partial charge in [0.25, 0.3) is 5.91 Å². The maximum atomic E-state index is 12.7. The monoisotopic (exact) mass is 620 g/mol. The zero-order valence-corrected chi connectivity index (χ0v) is 25.7. The molecule has 1 aromatic heterocycles. The van der Waals surface area contributed by atoms with E-state index >= 15 is 0 Å². The van der Waals surface area contributed by atoms with Crippen LogP contribution in [0.4, 0.5) is 5.82 Å². The van der Waals surface area contributed by atoms with Crippen molar-refractivity contribution in [3.63, 3.8) is 0 Å². The highest BCUT2D eigenvalue weighted by molar-refractivity contribution is 6.41. The lowest BCUT2D eigenvalue weighted by Gasteiger charge is -2.41. The van der Waals surface area contributed by atoms with Gasteiger partial charge < -0.3 is 29.0 Å². The fourth-order valence-corrected chi connectivity index (χ4v) is 6.84. The average Bonchev–Trinajstić information content (AvgIpc) is 3.43. The van der Waals surface area contributed by atoms with Crippen LogP contribution in [0.25, 0.3) is 15.6 Å². The molecule has 0 bridgehead atoms. The summed E-state index contributed by atoms with van der Waals surface area (Å²) in [5.41, 5.74) is 2.79. The lowest BCUT2D eigenvalue weighted by atomic mass is 9.94. The second-order valence-electron chi connectivity index (χ2n) is 11.4. The average molecular weight is 622 g/mol. The van der Waals surface area contributed by atoms with E-state index in [2.05, 4.69) is 46.5 Å². The Morgan fingerprint density at radius 3 is 2.74 bits per heavy atom. The van der Waals surface area contributed by atoms with Crippen molar-refractivity contribution in [1.29, 1.82) is 0 Å². The Morgan fingerprint density at radius 1 is 1.19 bits per heavy atom. The first kappa shape index (κ1) is 29.6. The first-order chi connectivity index (χ1) is 20.8. The molecule has 0 radical (unpaired) electrons. The first-order valence-corrected chi connectivity index (χ1v) is 15.3. The number of likely N-dealkylation sites (tertiary alicyclic amines) is 1. The number of carbonyl (C=O) groups excluding carboxylic acids is 1.